The Morgan fingerprint density at radius 2 is 2.12 bits per heavy atom. The molecular formula is C15H21FO. The van der Waals surface area contributed by atoms with Crippen LogP contribution in [0.25, 0.3) is 0 Å². The van der Waals surface area contributed by atoms with Crippen molar-refractivity contribution in [3.63, 3.8) is 0 Å². The Morgan fingerprint density at radius 1 is 1.35 bits per heavy atom. The molecule has 0 bridgehead atoms. The molecule has 1 nitrogen and oxygen atoms in total. The van der Waals surface area contributed by atoms with Crippen LogP contribution in [0.1, 0.15) is 51.0 Å². The van der Waals surface area contributed by atoms with Gasteiger partial charge in [0.1, 0.15) is 11.6 Å². The lowest BCUT2D eigenvalue weighted by Gasteiger charge is -2.35. The first-order valence-electron chi connectivity index (χ1n) is 6.35. The summed E-state index contributed by atoms with van der Waals surface area (Å²) < 4.78 is 18.5. The topological polar surface area (TPSA) is 9.23 Å². The van der Waals surface area contributed by atoms with Crippen LogP contribution >= 0.6 is 0 Å². The van der Waals surface area contributed by atoms with Gasteiger partial charge in [-0.05, 0) is 42.2 Å². The molecule has 2 rings (SSSR count). The molecule has 0 aliphatic heterocycles. The van der Waals surface area contributed by atoms with E-state index in [1.165, 1.54) is 30.9 Å². The maximum atomic E-state index is 13.2. The number of methoxy groups -OCH3 is 1. The lowest BCUT2D eigenvalue weighted by atomic mass is 9.70. The molecule has 17 heavy (non-hydrogen) atoms. The summed E-state index contributed by atoms with van der Waals surface area (Å²) in [7, 11) is 1.62. The van der Waals surface area contributed by atoms with E-state index in [-0.39, 0.29) is 5.82 Å². The minimum atomic E-state index is -0.222. The number of halogens is 1. The lowest BCUT2D eigenvalue weighted by Crippen LogP contribution is -2.21. The maximum Gasteiger partial charge on any atom is 0.126 e. The van der Waals surface area contributed by atoms with Gasteiger partial charge in [-0.1, -0.05) is 26.3 Å². The van der Waals surface area contributed by atoms with Crippen molar-refractivity contribution in [3.8, 4) is 5.75 Å². The normalized spacial score (nSPS) is 23.4. The van der Waals surface area contributed by atoms with E-state index in [0.29, 0.717) is 17.1 Å². The fourth-order valence-electron chi connectivity index (χ4n) is 2.99. The lowest BCUT2D eigenvalue weighted by molar-refractivity contribution is 0.217. The summed E-state index contributed by atoms with van der Waals surface area (Å²) in [6, 6.07) is 4.93. The van der Waals surface area contributed by atoms with Gasteiger partial charge >= 0.3 is 0 Å². The molecule has 1 aliphatic rings. The first-order chi connectivity index (χ1) is 8.02. The van der Waals surface area contributed by atoms with Gasteiger partial charge in [-0.15, -0.1) is 0 Å². The monoisotopic (exact) mass is 236 g/mol. The van der Waals surface area contributed by atoms with Gasteiger partial charge in [0.05, 0.1) is 7.11 Å². The zero-order valence-corrected chi connectivity index (χ0v) is 10.9. The van der Waals surface area contributed by atoms with E-state index in [9.17, 15) is 4.39 Å². The third-order valence-electron chi connectivity index (χ3n) is 3.84. The highest BCUT2D eigenvalue weighted by Crippen LogP contribution is 2.45. The SMILES string of the molecule is COc1cc(F)ccc1[C@@H]1CCCC(C)(C)C1. The van der Waals surface area contributed by atoms with E-state index < -0.39 is 0 Å². The fraction of sp³-hybridized carbons (Fsp3) is 0.600. The number of rotatable bonds is 2. The van der Waals surface area contributed by atoms with Gasteiger partial charge in [0.15, 0.2) is 0 Å². The molecule has 0 heterocycles. The minimum absolute atomic E-state index is 0.222. The Hall–Kier alpha value is -1.05. The molecule has 0 N–H and O–H groups in total. The van der Waals surface area contributed by atoms with Crippen molar-refractivity contribution in [1.29, 1.82) is 0 Å². The van der Waals surface area contributed by atoms with E-state index >= 15 is 0 Å². The summed E-state index contributed by atoms with van der Waals surface area (Å²) >= 11 is 0. The Balaban J connectivity index is 2.27. The molecule has 0 saturated heterocycles. The van der Waals surface area contributed by atoms with Crippen LogP contribution in [0.4, 0.5) is 4.39 Å². The van der Waals surface area contributed by atoms with Gasteiger partial charge in [-0.2, -0.15) is 0 Å². The summed E-state index contributed by atoms with van der Waals surface area (Å²) in [4.78, 5) is 0. The Kier molecular flexibility index (Phi) is 3.41. The number of ether oxygens (including phenoxy) is 1. The van der Waals surface area contributed by atoms with Crippen LogP contribution in [0.5, 0.6) is 5.75 Å². The molecule has 0 unspecified atom stereocenters. The molecule has 0 radical (unpaired) electrons. The van der Waals surface area contributed by atoms with Crippen LogP contribution in [-0.4, -0.2) is 7.11 Å². The third kappa shape index (κ3) is 2.80. The van der Waals surface area contributed by atoms with Crippen LogP contribution in [0.3, 0.4) is 0 Å². The summed E-state index contributed by atoms with van der Waals surface area (Å²) in [6.07, 6.45) is 4.88. The average molecular weight is 236 g/mol. The number of hydrogen-bond donors (Lipinski definition) is 0. The van der Waals surface area contributed by atoms with Gasteiger partial charge in [0.2, 0.25) is 0 Å². The van der Waals surface area contributed by atoms with Gasteiger partial charge < -0.3 is 4.74 Å². The van der Waals surface area contributed by atoms with Gasteiger partial charge in [-0.3, -0.25) is 0 Å². The molecule has 0 amide bonds. The van der Waals surface area contributed by atoms with Crippen molar-refractivity contribution >= 4 is 0 Å². The Labute approximate surface area is 103 Å². The predicted octanol–water partition coefficient (Wildman–Crippen LogP) is 4.52. The second kappa shape index (κ2) is 4.67. The van der Waals surface area contributed by atoms with Crippen molar-refractivity contribution in [2.75, 3.05) is 7.11 Å². The first kappa shape index (κ1) is 12.4. The summed E-state index contributed by atoms with van der Waals surface area (Å²) in [5, 5.41) is 0. The molecule has 94 valence electrons. The largest absolute Gasteiger partial charge is 0.496 e. The van der Waals surface area contributed by atoms with Crippen LogP contribution in [-0.2, 0) is 0 Å². The molecule has 1 aliphatic carbocycles. The highest BCUT2D eigenvalue weighted by molar-refractivity contribution is 5.37. The molecule has 1 saturated carbocycles. The predicted molar refractivity (Wildman–Crippen MR) is 67.9 cm³/mol. The summed E-state index contributed by atoms with van der Waals surface area (Å²) in [5.74, 6) is 0.989. The van der Waals surface area contributed by atoms with Gasteiger partial charge in [-0.25, -0.2) is 4.39 Å². The van der Waals surface area contributed by atoms with Crippen LogP contribution in [0.2, 0.25) is 0 Å². The van der Waals surface area contributed by atoms with E-state index in [0.717, 1.165) is 6.42 Å². The zero-order valence-electron chi connectivity index (χ0n) is 10.9. The molecule has 1 aromatic rings. The Bertz CT molecular complexity index is 398. The molecular weight excluding hydrogens is 215 g/mol. The van der Waals surface area contributed by atoms with Crippen molar-refractivity contribution in [2.45, 2.75) is 45.4 Å². The zero-order chi connectivity index (χ0) is 12.5. The van der Waals surface area contributed by atoms with Crippen molar-refractivity contribution in [2.24, 2.45) is 5.41 Å². The van der Waals surface area contributed by atoms with E-state index in [2.05, 4.69) is 13.8 Å². The van der Waals surface area contributed by atoms with Crippen molar-refractivity contribution in [3.05, 3.63) is 29.6 Å². The maximum absolute atomic E-state index is 13.2. The second-order valence-electron chi connectivity index (χ2n) is 5.84. The van der Waals surface area contributed by atoms with Crippen molar-refractivity contribution < 1.29 is 9.13 Å². The molecule has 2 heteroatoms. The second-order valence-corrected chi connectivity index (χ2v) is 5.84. The third-order valence-corrected chi connectivity index (χ3v) is 3.84. The number of benzene rings is 1. The molecule has 0 spiro atoms. The highest BCUT2D eigenvalue weighted by Gasteiger charge is 2.30. The van der Waals surface area contributed by atoms with Crippen molar-refractivity contribution in [1.82, 2.24) is 0 Å². The summed E-state index contributed by atoms with van der Waals surface area (Å²) in [5.41, 5.74) is 1.56. The quantitative estimate of drug-likeness (QED) is 0.733. The first-order valence-corrected chi connectivity index (χ1v) is 6.35. The van der Waals surface area contributed by atoms with E-state index in [1.807, 2.05) is 6.07 Å². The van der Waals surface area contributed by atoms with Crippen LogP contribution in [0, 0.1) is 11.2 Å². The van der Waals surface area contributed by atoms with Crippen LogP contribution < -0.4 is 4.74 Å². The molecule has 1 fully saturated rings. The van der Waals surface area contributed by atoms with Gasteiger partial charge in [0.25, 0.3) is 0 Å². The molecule has 1 aromatic carbocycles. The smallest absolute Gasteiger partial charge is 0.126 e. The van der Waals surface area contributed by atoms with Crippen LogP contribution in [0.15, 0.2) is 18.2 Å². The minimum Gasteiger partial charge on any atom is -0.496 e. The standard InChI is InChI=1S/C15H21FO/c1-15(2)8-4-5-11(10-15)13-7-6-12(16)9-14(13)17-3/h6-7,9,11H,4-5,8,10H2,1-3H3/t11-/m1/s1. The fourth-order valence-corrected chi connectivity index (χ4v) is 2.99. The molecule has 0 aromatic heterocycles. The summed E-state index contributed by atoms with van der Waals surface area (Å²) in [6.45, 7) is 4.63. The van der Waals surface area contributed by atoms with Gasteiger partial charge in [0, 0.05) is 6.07 Å². The average Bonchev–Trinajstić information content (AvgIpc) is 2.27. The Morgan fingerprint density at radius 3 is 2.76 bits per heavy atom. The number of hydrogen-bond acceptors (Lipinski definition) is 1. The van der Waals surface area contributed by atoms with E-state index in [1.54, 1.807) is 13.2 Å². The molecule has 1 atom stereocenters. The highest BCUT2D eigenvalue weighted by atomic mass is 19.1. The van der Waals surface area contributed by atoms with E-state index in [4.69, 9.17) is 4.74 Å².